The molecule has 1 fully saturated rings. The lowest BCUT2D eigenvalue weighted by Crippen LogP contribution is -2.46. The van der Waals surface area contributed by atoms with Crippen LogP contribution >= 0.6 is 11.8 Å². The van der Waals surface area contributed by atoms with Gasteiger partial charge in [-0.25, -0.2) is 0 Å². The van der Waals surface area contributed by atoms with Gasteiger partial charge in [0.15, 0.2) is 0 Å². The van der Waals surface area contributed by atoms with Crippen molar-refractivity contribution in [3.05, 3.63) is 28.7 Å². The third kappa shape index (κ3) is 3.32. The summed E-state index contributed by atoms with van der Waals surface area (Å²) in [6, 6.07) is 2.91. The minimum absolute atomic E-state index is 0.0222. The molecule has 1 heterocycles. The van der Waals surface area contributed by atoms with Crippen LogP contribution < -0.4 is 16.6 Å². The van der Waals surface area contributed by atoms with Gasteiger partial charge in [0.1, 0.15) is 6.54 Å². The molecule has 0 radical (unpaired) electrons. The highest BCUT2D eigenvalue weighted by atomic mass is 32.2. The van der Waals surface area contributed by atoms with E-state index in [1.807, 2.05) is 11.8 Å². The lowest BCUT2D eigenvalue weighted by atomic mass is 9.84. The highest BCUT2D eigenvalue weighted by Crippen LogP contribution is 2.42. The SMILES string of the molecule is CSC1(CNC(=O)Cn2cc(N)ccc2=O)CCC1. The van der Waals surface area contributed by atoms with E-state index in [2.05, 4.69) is 11.6 Å². The number of carbonyl (C=O) groups excluding carboxylic acids is 1. The van der Waals surface area contributed by atoms with Crippen LogP contribution in [-0.2, 0) is 11.3 Å². The maximum atomic E-state index is 11.9. The lowest BCUT2D eigenvalue weighted by Gasteiger charge is -2.40. The van der Waals surface area contributed by atoms with Gasteiger partial charge in [0.2, 0.25) is 5.91 Å². The number of carbonyl (C=O) groups is 1. The fourth-order valence-electron chi connectivity index (χ4n) is 2.17. The Balaban J connectivity index is 1.91. The molecule has 1 aromatic rings. The van der Waals surface area contributed by atoms with Crippen molar-refractivity contribution in [1.29, 1.82) is 0 Å². The fourth-order valence-corrected chi connectivity index (χ4v) is 3.08. The Morgan fingerprint density at radius 3 is 2.84 bits per heavy atom. The van der Waals surface area contributed by atoms with Gasteiger partial charge in [0, 0.05) is 29.2 Å². The van der Waals surface area contributed by atoms with Crippen LogP contribution in [0.4, 0.5) is 5.69 Å². The molecule has 0 aliphatic heterocycles. The number of amides is 1. The van der Waals surface area contributed by atoms with Crippen LogP contribution in [0.2, 0.25) is 0 Å². The van der Waals surface area contributed by atoms with E-state index in [1.54, 1.807) is 0 Å². The zero-order valence-electron chi connectivity index (χ0n) is 11.0. The third-order valence-corrected chi connectivity index (χ3v) is 5.04. The van der Waals surface area contributed by atoms with Crippen molar-refractivity contribution in [3.8, 4) is 0 Å². The molecule has 6 heteroatoms. The molecule has 0 saturated heterocycles. The van der Waals surface area contributed by atoms with Gasteiger partial charge in [-0.05, 0) is 25.2 Å². The van der Waals surface area contributed by atoms with Crippen LogP contribution in [0, 0.1) is 0 Å². The smallest absolute Gasteiger partial charge is 0.251 e. The molecule has 0 spiro atoms. The normalized spacial score (nSPS) is 16.7. The Bertz CT molecular complexity index is 517. The van der Waals surface area contributed by atoms with Crippen molar-refractivity contribution in [3.63, 3.8) is 0 Å². The van der Waals surface area contributed by atoms with Crippen LogP contribution in [-0.4, -0.2) is 28.0 Å². The number of hydrogen-bond acceptors (Lipinski definition) is 4. The number of aromatic nitrogens is 1. The first-order chi connectivity index (χ1) is 9.04. The molecular weight excluding hydrogens is 262 g/mol. The van der Waals surface area contributed by atoms with Gasteiger partial charge in [0.25, 0.3) is 5.56 Å². The first-order valence-electron chi connectivity index (χ1n) is 6.32. The van der Waals surface area contributed by atoms with Crippen LogP contribution in [0.3, 0.4) is 0 Å². The van der Waals surface area contributed by atoms with Gasteiger partial charge in [-0.2, -0.15) is 11.8 Å². The minimum atomic E-state index is -0.215. The predicted molar refractivity (Wildman–Crippen MR) is 78.2 cm³/mol. The largest absolute Gasteiger partial charge is 0.398 e. The van der Waals surface area contributed by atoms with Crippen molar-refractivity contribution < 1.29 is 4.79 Å². The van der Waals surface area contributed by atoms with Crippen molar-refractivity contribution in [2.24, 2.45) is 0 Å². The van der Waals surface area contributed by atoms with Crippen LogP contribution in [0.1, 0.15) is 19.3 Å². The second-order valence-electron chi connectivity index (χ2n) is 4.95. The molecule has 1 saturated carbocycles. The van der Waals surface area contributed by atoms with Gasteiger partial charge in [-0.1, -0.05) is 6.42 Å². The van der Waals surface area contributed by atoms with Crippen molar-refractivity contribution in [2.45, 2.75) is 30.6 Å². The first kappa shape index (κ1) is 14.0. The maximum absolute atomic E-state index is 11.9. The molecule has 2 rings (SSSR count). The number of nitrogens with one attached hydrogen (secondary N) is 1. The summed E-state index contributed by atoms with van der Waals surface area (Å²) in [5, 5.41) is 2.91. The van der Waals surface area contributed by atoms with E-state index in [1.165, 1.54) is 29.3 Å². The number of nitrogens with zero attached hydrogens (tertiary/aromatic N) is 1. The van der Waals surface area contributed by atoms with E-state index < -0.39 is 0 Å². The second kappa shape index (κ2) is 5.69. The van der Waals surface area contributed by atoms with E-state index in [0.29, 0.717) is 12.2 Å². The van der Waals surface area contributed by atoms with Crippen LogP contribution in [0.25, 0.3) is 0 Å². The highest BCUT2D eigenvalue weighted by Gasteiger charge is 2.36. The van der Waals surface area contributed by atoms with Gasteiger partial charge < -0.3 is 15.6 Å². The Morgan fingerprint density at radius 2 is 2.26 bits per heavy atom. The quantitative estimate of drug-likeness (QED) is 0.838. The fraction of sp³-hybridized carbons (Fsp3) is 0.538. The average molecular weight is 281 g/mol. The Kier molecular flexibility index (Phi) is 4.19. The van der Waals surface area contributed by atoms with Gasteiger partial charge in [0.05, 0.1) is 0 Å². The van der Waals surface area contributed by atoms with Gasteiger partial charge >= 0.3 is 0 Å². The zero-order chi connectivity index (χ0) is 13.9. The standard InChI is InChI=1S/C13H19N3O2S/c1-19-13(5-2-6-13)9-15-11(17)8-16-7-10(14)3-4-12(16)18/h3-4,7H,2,5-6,8-9,14H2,1H3,(H,15,17). The van der Waals surface area contributed by atoms with E-state index in [-0.39, 0.29) is 22.8 Å². The summed E-state index contributed by atoms with van der Waals surface area (Å²) in [4.78, 5) is 23.4. The number of anilines is 1. The molecule has 1 aromatic heterocycles. The number of hydrogen-bond donors (Lipinski definition) is 2. The summed E-state index contributed by atoms with van der Waals surface area (Å²) in [5.41, 5.74) is 5.87. The zero-order valence-corrected chi connectivity index (χ0v) is 11.8. The van der Waals surface area contributed by atoms with Gasteiger partial charge in [-0.15, -0.1) is 0 Å². The van der Waals surface area contributed by atoms with E-state index in [4.69, 9.17) is 5.73 Å². The molecule has 1 aliphatic rings. The maximum Gasteiger partial charge on any atom is 0.251 e. The molecule has 1 amide bonds. The van der Waals surface area contributed by atoms with Crippen molar-refractivity contribution >= 4 is 23.4 Å². The molecule has 0 unspecified atom stereocenters. The molecule has 0 aromatic carbocycles. The van der Waals surface area contributed by atoms with Gasteiger partial charge in [-0.3, -0.25) is 9.59 Å². The third-order valence-electron chi connectivity index (χ3n) is 3.63. The minimum Gasteiger partial charge on any atom is -0.398 e. The Morgan fingerprint density at radius 1 is 1.53 bits per heavy atom. The van der Waals surface area contributed by atoms with E-state index in [0.717, 1.165) is 12.8 Å². The van der Waals surface area contributed by atoms with Crippen LogP contribution in [0.5, 0.6) is 0 Å². The Labute approximate surface area is 116 Å². The number of nitrogen functional groups attached to an aromatic ring is 1. The summed E-state index contributed by atoms with van der Waals surface area (Å²) in [6.07, 6.45) is 7.09. The summed E-state index contributed by atoms with van der Waals surface area (Å²) in [7, 11) is 0. The second-order valence-corrected chi connectivity index (χ2v) is 6.22. The van der Waals surface area contributed by atoms with Crippen LogP contribution in [0.15, 0.2) is 23.1 Å². The summed E-state index contributed by atoms with van der Waals surface area (Å²) in [6.45, 7) is 0.693. The van der Waals surface area contributed by atoms with Crippen molar-refractivity contribution in [1.82, 2.24) is 9.88 Å². The number of rotatable bonds is 5. The summed E-state index contributed by atoms with van der Waals surface area (Å²) < 4.78 is 1.54. The summed E-state index contributed by atoms with van der Waals surface area (Å²) in [5.74, 6) is -0.145. The highest BCUT2D eigenvalue weighted by molar-refractivity contribution is 8.00. The monoisotopic (exact) mass is 281 g/mol. The Hall–Kier alpha value is -1.43. The first-order valence-corrected chi connectivity index (χ1v) is 7.55. The van der Waals surface area contributed by atoms with E-state index >= 15 is 0 Å². The number of nitrogens with two attached hydrogens (primary N) is 1. The molecule has 0 atom stereocenters. The molecule has 3 N–H and O–H groups in total. The topological polar surface area (TPSA) is 77.1 Å². The van der Waals surface area contributed by atoms with Crippen molar-refractivity contribution in [2.75, 3.05) is 18.5 Å². The molecular formula is C13H19N3O2S. The van der Waals surface area contributed by atoms with E-state index in [9.17, 15) is 9.59 Å². The molecule has 104 valence electrons. The molecule has 1 aliphatic carbocycles. The average Bonchev–Trinajstić information content (AvgIpc) is 2.33. The lowest BCUT2D eigenvalue weighted by molar-refractivity contribution is -0.121. The predicted octanol–water partition coefficient (Wildman–Crippen LogP) is 0.832. The summed E-state index contributed by atoms with van der Waals surface area (Å²) >= 11 is 1.81. The number of thioether (sulfide) groups is 1. The number of pyridine rings is 1. The molecule has 0 bridgehead atoms. The molecule has 5 nitrogen and oxygen atoms in total. The molecule has 19 heavy (non-hydrogen) atoms.